The molecule has 0 aliphatic heterocycles. The fourth-order valence-corrected chi connectivity index (χ4v) is 2.68. The van der Waals surface area contributed by atoms with E-state index >= 15 is 0 Å². The zero-order valence-corrected chi connectivity index (χ0v) is 14.4. The molecule has 0 amide bonds. The van der Waals surface area contributed by atoms with Gasteiger partial charge in [-0.05, 0) is 44.0 Å². The monoisotopic (exact) mass is 342 g/mol. The first-order valence-electron chi connectivity index (χ1n) is 8.20. The van der Waals surface area contributed by atoms with E-state index in [-0.39, 0.29) is 22.7 Å². The number of fused-ring (bicyclic) bond motifs is 1. The summed E-state index contributed by atoms with van der Waals surface area (Å²) in [5, 5.41) is 0.386. The Morgan fingerprint density at radius 3 is 2.56 bits per heavy atom. The van der Waals surface area contributed by atoms with Crippen LogP contribution in [0, 0.1) is 12.7 Å². The van der Waals surface area contributed by atoms with Gasteiger partial charge in [0, 0.05) is 6.07 Å². The van der Waals surface area contributed by atoms with E-state index in [9.17, 15) is 9.18 Å². The van der Waals surface area contributed by atoms with Crippen molar-refractivity contribution >= 4 is 11.0 Å². The minimum Gasteiger partial charge on any atom is -0.493 e. The normalized spacial score (nSPS) is 10.9. The Balaban J connectivity index is 2.16. The van der Waals surface area contributed by atoms with Crippen LogP contribution in [0.25, 0.3) is 11.0 Å². The average Bonchev–Trinajstić information content (AvgIpc) is 2.60. The molecule has 25 heavy (non-hydrogen) atoms. The SMILES string of the molecule is CCOc1cc2oc(C)c(Oc3ccccc3F)c(=O)c2cc1CC. The number of benzene rings is 2. The summed E-state index contributed by atoms with van der Waals surface area (Å²) in [7, 11) is 0. The highest BCUT2D eigenvalue weighted by Crippen LogP contribution is 2.30. The number of ether oxygens (including phenoxy) is 2. The van der Waals surface area contributed by atoms with Gasteiger partial charge in [-0.15, -0.1) is 0 Å². The molecule has 0 fully saturated rings. The lowest BCUT2D eigenvalue weighted by molar-refractivity contribution is 0.336. The quantitative estimate of drug-likeness (QED) is 0.655. The molecular weight excluding hydrogens is 323 g/mol. The van der Waals surface area contributed by atoms with Gasteiger partial charge in [-0.2, -0.15) is 0 Å². The van der Waals surface area contributed by atoms with Crippen LogP contribution in [-0.4, -0.2) is 6.61 Å². The molecule has 130 valence electrons. The number of para-hydroxylation sites is 1. The van der Waals surface area contributed by atoms with Gasteiger partial charge in [0.1, 0.15) is 17.1 Å². The van der Waals surface area contributed by atoms with Crippen LogP contribution in [0.15, 0.2) is 45.6 Å². The summed E-state index contributed by atoms with van der Waals surface area (Å²) in [6, 6.07) is 9.41. The van der Waals surface area contributed by atoms with E-state index in [1.807, 2.05) is 13.8 Å². The molecule has 0 aliphatic rings. The maximum atomic E-state index is 13.8. The molecule has 3 aromatic rings. The number of hydrogen-bond acceptors (Lipinski definition) is 4. The molecule has 5 heteroatoms. The van der Waals surface area contributed by atoms with Gasteiger partial charge in [-0.25, -0.2) is 4.39 Å². The van der Waals surface area contributed by atoms with Crippen molar-refractivity contribution in [1.29, 1.82) is 0 Å². The first kappa shape index (κ1) is 17.0. The van der Waals surface area contributed by atoms with E-state index in [0.717, 1.165) is 5.56 Å². The third-order valence-corrected chi connectivity index (χ3v) is 3.93. The van der Waals surface area contributed by atoms with E-state index in [4.69, 9.17) is 13.9 Å². The van der Waals surface area contributed by atoms with Crippen molar-refractivity contribution in [3.63, 3.8) is 0 Å². The van der Waals surface area contributed by atoms with Crippen LogP contribution in [0.2, 0.25) is 0 Å². The Hall–Kier alpha value is -2.82. The number of halogens is 1. The molecular formula is C20H19FO4. The Labute approximate surface area is 144 Å². The fourth-order valence-electron chi connectivity index (χ4n) is 2.68. The highest BCUT2D eigenvalue weighted by Gasteiger charge is 2.17. The summed E-state index contributed by atoms with van der Waals surface area (Å²) in [4.78, 5) is 12.9. The van der Waals surface area contributed by atoms with Crippen molar-refractivity contribution in [2.75, 3.05) is 6.61 Å². The van der Waals surface area contributed by atoms with Crippen LogP contribution in [-0.2, 0) is 6.42 Å². The van der Waals surface area contributed by atoms with Gasteiger partial charge in [0.15, 0.2) is 11.6 Å². The van der Waals surface area contributed by atoms with Crippen molar-refractivity contribution in [3.8, 4) is 17.2 Å². The first-order chi connectivity index (χ1) is 12.0. The fraction of sp³-hybridized carbons (Fsp3) is 0.250. The van der Waals surface area contributed by atoms with Gasteiger partial charge in [0.05, 0.1) is 12.0 Å². The summed E-state index contributed by atoms with van der Waals surface area (Å²) < 4.78 is 30.7. The first-order valence-corrected chi connectivity index (χ1v) is 8.20. The third-order valence-electron chi connectivity index (χ3n) is 3.93. The van der Waals surface area contributed by atoms with E-state index in [0.29, 0.717) is 29.7 Å². The highest BCUT2D eigenvalue weighted by molar-refractivity contribution is 5.81. The van der Waals surface area contributed by atoms with Crippen molar-refractivity contribution in [3.05, 3.63) is 63.8 Å². The minimum atomic E-state index is -0.540. The average molecular weight is 342 g/mol. The number of aryl methyl sites for hydroxylation is 2. The van der Waals surface area contributed by atoms with E-state index in [2.05, 4.69) is 0 Å². The third kappa shape index (κ3) is 3.22. The predicted molar refractivity (Wildman–Crippen MR) is 94.2 cm³/mol. The molecule has 0 aliphatic carbocycles. The van der Waals surface area contributed by atoms with Crippen molar-refractivity contribution in [2.45, 2.75) is 27.2 Å². The van der Waals surface area contributed by atoms with E-state index in [1.54, 1.807) is 31.2 Å². The summed E-state index contributed by atoms with van der Waals surface area (Å²) in [5.41, 5.74) is 0.992. The Kier molecular flexibility index (Phi) is 4.74. The zero-order valence-electron chi connectivity index (χ0n) is 14.4. The lowest BCUT2D eigenvalue weighted by Crippen LogP contribution is -2.09. The van der Waals surface area contributed by atoms with Gasteiger partial charge in [0.2, 0.25) is 11.2 Å². The summed E-state index contributed by atoms with van der Waals surface area (Å²) in [5.74, 6) is 0.417. The standard InChI is InChI=1S/C20H19FO4/c1-4-13-10-14-18(11-17(13)23-5-2)24-12(3)20(19(14)22)25-16-9-7-6-8-15(16)21/h6-11H,4-5H2,1-3H3. The van der Waals surface area contributed by atoms with Gasteiger partial charge < -0.3 is 13.9 Å². The molecule has 0 spiro atoms. The summed E-state index contributed by atoms with van der Waals surface area (Å²) in [6.45, 7) is 6.02. The Bertz CT molecular complexity index is 975. The molecule has 0 atom stereocenters. The largest absolute Gasteiger partial charge is 0.493 e. The lowest BCUT2D eigenvalue weighted by Gasteiger charge is -2.12. The zero-order chi connectivity index (χ0) is 18.0. The number of hydrogen-bond donors (Lipinski definition) is 0. The second-order valence-electron chi connectivity index (χ2n) is 5.59. The molecule has 0 saturated heterocycles. The van der Waals surface area contributed by atoms with Crippen LogP contribution in [0.4, 0.5) is 4.39 Å². The summed E-state index contributed by atoms with van der Waals surface area (Å²) in [6.07, 6.45) is 0.710. The van der Waals surface area contributed by atoms with Crippen LogP contribution in [0.3, 0.4) is 0 Å². The second-order valence-corrected chi connectivity index (χ2v) is 5.59. The van der Waals surface area contributed by atoms with Gasteiger partial charge >= 0.3 is 0 Å². The van der Waals surface area contributed by atoms with Crippen LogP contribution in [0.5, 0.6) is 17.2 Å². The Morgan fingerprint density at radius 1 is 1.12 bits per heavy atom. The molecule has 3 rings (SSSR count). The van der Waals surface area contributed by atoms with E-state index in [1.165, 1.54) is 12.1 Å². The molecule has 2 aromatic carbocycles. The van der Waals surface area contributed by atoms with E-state index < -0.39 is 5.82 Å². The summed E-state index contributed by atoms with van der Waals surface area (Å²) >= 11 is 0. The van der Waals surface area contributed by atoms with Crippen molar-refractivity contribution < 1.29 is 18.3 Å². The Morgan fingerprint density at radius 2 is 1.88 bits per heavy atom. The molecule has 4 nitrogen and oxygen atoms in total. The van der Waals surface area contributed by atoms with Crippen LogP contribution in [0.1, 0.15) is 25.2 Å². The van der Waals surface area contributed by atoms with Crippen molar-refractivity contribution in [1.82, 2.24) is 0 Å². The molecule has 1 aromatic heterocycles. The topological polar surface area (TPSA) is 48.7 Å². The molecule has 0 bridgehead atoms. The second kappa shape index (κ2) is 6.97. The van der Waals surface area contributed by atoms with Gasteiger partial charge in [-0.3, -0.25) is 4.79 Å². The minimum absolute atomic E-state index is 0.0104. The molecule has 1 heterocycles. The maximum absolute atomic E-state index is 13.8. The van der Waals surface area contributed by atoms with Gasteiger partial charge in [-0.1, -0.05) is 19.1 Å². The lowest BCUT2D eigenvalue weighted by atomic mass is 10.1. The van der Waals surface area contributed by atoms with Gasteiger partial charge in [0.25, 0.3) is 0 Å². The highest BCUT2D eigenvalue weighted by atomic mass is 19.1. The van der Waals surface area contributed by atoms with Crippen LogP contribution < -0.4 is 14.9 Å². The maximum Gasteiger partial charge on any atom is 0.235 e. The molecule has 0 unspecified atom stereocenters. The predicted octanol–water partition coefficient (Wildman–Crippen LogP) is 4.99. The number of rotatable bonds is 5. The molecule has 0 N–H and O–H groups in total. The van der Waals surface area contributed by atoms with Crippen LogP contribution >= 0.6 is 0 Å². The smallest absolute Gasteiger partial charge is 0.235 e. The van der Waals surface area contributed by atoms with Crippen molar-refractivity contribution in [2.24, 2.45) is 0 Å². The molecule has 0 saturated carbocycles. The molecule has 0 radical (unpaired) electrons.